The first kappa shape index (κ1) is 34.5. The molecule has 0 aliphatic heterocycles. The molecule has 258 valence electrons. The SMILES string of the molecule is C=C(C)[C@@H]1CC[C@]2(CNC(=O)CCN(C)C)CC[C@]3(C)[C@H](CC[C@@H]4[C@@]5(C)CC=C(c6ccc(C(=O)O)cc6)C(C)(C)[C@@H]5CC[C@]43C)[C@@H]12. The average Bonchev–Trinajstić information content (AvgIpc) is 3.39. The topological polar surface area (TPSA) is 69.6 Å². The van der Waals surface area contributed by atoms with Gasteiger partial charge in [0.05, 0.1) is 5.56 Å². The van der Waals surface area contributed by atoms with E-state index in [9.17, 15) is 14.7 Å². The molecular weight excluding hydrogens is 580 g/mol. The molecule has 1 amide bonds. The number of hydrogen-bond donors (Lipinski definition) is 2. The Labute approximate surface area is 285 Å². The van der Waals surface area contributed by atoms with Gasteiger partial charge in [-0.1, -0.05) is 65.0 Å². The number of nitrogens with zero attached hydrogens (tertiary/aromatic N) is 1. The lowest BCUT2D eigenvalue weighted by Crippen LogP contribution is -2.66. The van der Waals surface area contributed by atoms with E-state index in [4.69, 9.17) is 0 Å². The van der Waals surface area contributed by atoms with Crippen LogP contribution in [0.1, 0.15) is 122 Å². The van der Waals surface area contributed by atoms with Crippen LogP contribution in [0.4, 0.5) is 0 Å². The molecule has 0 aromatic heterocycles. The second-order valence-corrected chi connectivity index (χ2v) is 18.3. The van der Waals surface area contributed by atoms with Gasteiger partial charge in [0.1, 0.15) is 0 Å². The van der Waals surface area contributed by atoms with Crippen molar-refractivity contribution < 1.29 is 14.7 Å². The van der Waals surface area contributed by atoms with Crippen LogP contribution >= 0.6 is 0 Å². The third-order valence-corrected chi connectivity index (χ3v) is 15.7. The third kappa shape index (κ3) is 5.27. The standard InChI is InChI=1S/C42H62N2O3/c1-27(2)30-16-22-42(26-43-35(45)19-25-44(8)9)24-23-40(6)32(36(30)42)14-15-34-39(5)20-17-31(28-10-12-29(13-11-28)37(46)47)38(3,4)33(39)18-21-41(34,40)7/h10-13,17,30,32-34,36H,1,14-16,18-26H2,2-9H3,(H,43,45)(H,46,47)/t30-,32+,33-,34+,36+,39-,40+,41+,42+/m0/s1. The number of aromatic carboxylic acids is 1. The molecule has 0 bridgehead atoms. The molecule has 5 heteroatoms. The molecule has 0 saturated heterocycles. The molecule has 0 spiro atoms. The van der Waals surface area contributed by atoms with E-state index in [0.717, 1.165) is 19.5 Å². The molecule has 5 aliphatic carbocycles. The number of hydrogen-bond acceptors (Lipinski definition) is 3. The van der Waals surface area contributed by atoms with E-state index in [-0.39, 0.29) is 33.0 Å². The highest BCUT2D eigenvalue weighted by atomic mass is 16.4. The van der Waals surface area contributed by atoms with E-state index in [1.54, 1.807) is 12.1 Å². The minimum atomic E-state index is -0.867. The van der Waals surface area contributed by atoms with E-state index in [1.807, 2.05) is 26.2 Å². The Morgan fingerprint density at radius 2 is 1.62 bits per heavy atom. The van der Waals surface area contributed by atoms with Crippen molar-refractivity contribution in [3.63, 3.8) is 0 Å². The van der Waals surface area contributed by atoms with Gasteiger partial charge in [-0.3, -0.25) is 4.79 Å². The maximum absolute atomic E-state index is 13.0. The molecule has 47 heavy (non-hydrogen) atoms. The molecule has 2 N–H and O–H groups in total. The Morgan fingerprint density at radius 1 is 0.915 bits per heavy atom. The van der Waals surface area contributed by atoms with Gasteiger partial charge in [0.2, 0.25) is 5.91 Å². The first-order valence-corrected chi connectivity index (χ1v) is 18.6. The van der Waals surface area contributed by atoms with Crippen molar-refractivity contribution in [1.29, 1.82) is 0 Å². The fraction of sp³-hybridized carbons (Fsp3) is 0.714. The number of allylic oxidation sites excluding steroid dienone is 3. The smallest absolute Gasteiger partial charge is 0.335 e. The van der Waals surface area contributed by atoms with Gasteiger partial charge in [0.25, 0.3) is 0 Å². The summed E-state index contributed by atoms with van der Waals surface area (Å²) in [5, 5.41) is 12.9. The summed E-state index contributed by atoms with van der Waals surface area (Å²) in [6.07, 6.45) is 14.2. The highest BCUT2D eigenvalue weighted by Crippen LogP contribution is 2.77. The molecule has 1 aromatic carbocycles. The summed E-state index contributed by atoms with van der Waals surface area (Å²) in [6, 6.07) is 7.58. The molecule has 4 fully saturated rings. The van der Waals surface area contributed by atoms with Crippen LogP contribution < -0.4 is 5.32 Å². The van der Waals surface area contributed by atoms with Gasteiger partial charge in [0, 0.05) is 19.5 Å². The fourth-order valence-electron chi connectivity index (χ4n) is 13.2. The molecule has 9 atom stereocenters. The molecule has 4 saturated carbocycles. The van der Waals surface area contributed by atoms with Crippen LogP contribution in [0.15, 0.2) is 42.5 Å². The predicted molar refractivity (Wildman–Crippen MR) is 192 cm³/mol. The Hall–Kier alpha value is -2.40. The summed E-state index contributed by atoms with van der Waals surface area (Å²) >= 11 is 0. The van der Waals surface area contributed by atoms with Crippen molar-refractivity contribution in [3.05, 3.63) is 53.6 Å². The van der Waals surface area contributed by atoms with Gasteiger partial charge in [0.15, 0.2) is 0 Å². The zero-order valence-corrected chi connectivity index (χ0v) is 30.7. The summed E-state index contributed by atoms with van der Waals surface area (Å²) in [6.45, 7) is 21.4. The quantitative estimate of drug-likeness (QED) is 0.278. The highest BCUT2D eigenvalue weighted by molar-refractivity contribution is 5.88. The van der Waals surface area contributed by atoms with Crippen molar-refractivity contribution in [2.24, 2.45) is 56.7 Å². The number of carbonyl (C=O) groups is 2. The summed E-state index contributed by atoms with van der Waals surface area (Å²) in [5.74, 6) is 2.40. The number of benzene rings is 1. The largest absolute Gasteiger partial charge is 0.478 e. The second-order valence-electron chi connectivity index (χ2n) is 18.3. The number of carboxylic acid groups (broad SMARTS) is 1. The minimum Gasteiger partial charge on any atom is -0.478 e. The Kier molecular flexibility index (Phi) is 8.71. The third-order valence-electron chi connectivity index (χ3n) is 15.7. The van der Waals surface area contributed by atoms with E-state index in [0.29, 0.717) is 41.6 Å². The zero-order chi connectivity index (χ0) is 34.2. The first-order valence-electron chi connectivity index (χ1n) is 18.6. The average molecular weight is 643 g/mol. The van der Waals surface area contributed by atoms with Gasteiger partial charge in [-0.05, 0) is 159 Å². The normalized spacial score (nSPS) is 40.4. The summed E-state index contributed by atoms with van der Waals surface area (Å²) in [4.78, 5) is 26.6. The maximum Gasteiger partial charge on any atom is 0.335 e. The van der Waals surface area contributed by atoms with E-state index in [1.165, 1.54) is 68.1 Å². The first-order chi connectivity index (χ1) is 22.0. The van der Waals surface area contributed by atoms with Gasteiger partial charge in [-0.15, -0.1) is 0 Å². The maximum atomic E-state index is 13.0. The van der Waals surface area contributed by atoms with E-state index >= 15 is 0 Å². The number of amides is 1. The lowest BCUT2D eigenvalue weighted by atomic mass is 9.32. The molecule has 0 unspecified atom stereocenters. The Balaban J connectivity index is 1.30. The Bertz CT molecular complexity index is 1440. The zero-order valence-electron chi connectivity index (χ0n) is 30.7. The van der Waals surface area contributed by atoms with Crippen molar-refractivity contribution in [2.45, 2.75) is 106 Å². The van der Waals surface area contributed by atoms with Crippen LogP contribution in [-0.2, 0) is 4.79 Å². The molecule has 1 aromatic rings. The molecule has 0 heterocycles. The minimum absolute atomic E-state index is 0.0137. The second kappa shape index (κ2) is 11.9. The summed E-state index contributed by atoms with van der Waals surface area (Å²) in [5.41, 5.74) is 5.25. The van der Waals surface area contributed by atoms with Crippen LogP contribution in [-0.4, -0.2) is 49.1 Å². The van der Waals surface area contributed by atoms with Crippen LogP contribution in [0.25, 0.3) is 5.57 Å². The van der Waals surface area contributed by atoms with Gasteiger partial charge in [-0.2, -0.15) is 0 Å². The van der Waals surface area contributed by atoms with Crippen molar-refractivity contribution in [1.82, 2.24) is 10.2 Å². The lowest BCUT2D eigenvalue weighted by molar-refractivity contribution is -0.225. The molecule has 5 nitrogen and oxygen atoms in total. The van der Waals surface area contributed by atoms with Crippen LogP contribution in [0.5, 0.6) is 0 Å². The van der Waals surface area contributed by atoms with Gasteiger partial charge in [-0.25, -0.2) is 4.79 Å². The monoisotopic (exact) mass is 642 g/mol. The number of carbonyl (C=O) groups excluding carboxylic acids is 1. The number of carboxylic acids is 1. The van der Waals surface area contributed by atoms with Crippen LogP contribution in [0.2, 0.25) is 0 Å². The molecule has 5 aliphatic rings. The van der Waals surface area contributed by atoms with E-state index in [2.05, 4.69) is 64.4 Å². The lowest BCUT2D eigenvalue weighted by Gasteiger charge is -2.72. The fourth-order valence-corrected chi connectivity index (χ4v) is 13.2. The summed E-state index contributed by atoms with van der Waals surface area (Å²) in [7, 11) is 4.07. The molecular formula is C42H62N2O3. The molecule has 0 radical (unpaired) electrons. The van der Waals surface area contributed by atoms with Gasteiger partial charge >= 0.3 is 5.97 Å². The number of fused-ring (bicyclic) bond motifs is 7. The Morgan fingerprint density at radius 3 is 2.26 bits per heavy atom. The molecule has 6 rings (SSSR count). The highest BCUT2D eigenvalue weighted by Gasteiger charge is 2.70. The van der Waals surface area contributed by atoms with Crippen molar-refractivity contribution >= 4 is 17.4 Å². The van der Waals surface area contributed by atoms with Crippen LogP contribution in [0.3, 0.4) is 0 Å². The number of rotatable bonds is 8. The van der Waals surface area contributed by atoms with Crippen molar-refractivity contribution in [3.8, 4) is 0 Å². The van der Waals surface area contributed by atoms with Crippen LogP contribution in [0, 0.1) is 56.7 Å². The summed E-state index contributed by atoms with van der Waals surface area (Å²) < 4.78 is 0. The predicted octanol–water partition coefficient (Wildman–Crippen LogP) is 9.10. The number of nitrogens with one attached hydrogen (secondary N) is 1. The van der Waals surface area contributed by atoms with Crippen molar-refractivity contribution in [2.75, 3.05) is 27.2 Å². The van der Waals surface area contributed by atoms with E-state index < -0.39 is 5.97 Å². The van der Waals surface area contributed by atoms with Gasteiger partial charge < -0.3 is 15.3 Å².